The molecular formula is C12H12Cl2N4O2. The van der Waals surface area contributed by atoms with E-state index in [-0.39, 0.29) is 28.1 Å². The molecule has 2 heterocycles. The average Bonchev–Trinajstić information content (AvgIpc) is 2.67. The Hall–Kier alpha value is -1.79. The van der Waals surface area contributed by atoms with Gasteiger partial charge >= 0.3 is 5.97 Å². The van der Waals surface area contributed by atoms with Crippen LogP contribution >= 0.6 is 23.2 Å². The van der Waals surface area contributed by atoms with Crippen molar-refractivity contribution in [2.24, 2.45) is 0 Å². The number of carboxylic acids is 1. The average molecular weight is 315 g/mol. The molecule has 3 N–H and O–H groups in total. The number of carboxylic acid groups (broad SMARTS) is 1. The summed E-state index contributed by atoms with van der Waals surface area (Å²) in [6, 6.07) is 1.49. The Morgan fingerprint density at radius 1 is 1.45 bits per heavy atom. The van der Waals surface area contributed by atoms with Gasteiger partial charge in [0.25, 0.3) is 0 Å². The van der Waals surface area contributed by atoms with E-state index < -0.39 is 5.97 Å². The van der Waals surface area contributed by atoms with Crippen LogP contribution in [-0.2, 0) is 0 Å². The van der Waals surface area contributed by atoms with Gasteiger partial charge in [0.15, 0.2) is 5.82 Å². The van der Waals surface area contributed by atoms with E-state index in [9.17, 15) is 9.90 Å². The van der Waals surface area contributed by atoms with E-state index in [1.165, 1.54) is 16.9 Å². The maximum Gasteiger partial charge on any atom is 0.341 e. The number of nitrogens with zero attached hydrogens (tertiary/aromatic N) is 3. The molecular weight excluding hydrogens is 303 g/mol. The monoisotopic (exact) mass is 314 g/mol. The number of aromatic carboxylic acids is 1. The molecule has 0 bridgehead atoms. The molecule has 0 fully saturated rings. The lowest BCUT2D eigenvalue weighted by Crippen LogP contribution is -2.07. The molecule has 2 aromatic heterocycles. The SMILES string of the molecule is CC(C)c1nn(-c2ncc(Cl)cc2Cl)c(N)c1C(=O)O. The van der Waals surface area contributed by atoms with Crippen LogP contribution in [0.3, 0.4) is 0 Å². The fourth-order valence-electron chi connectivity index (χ4n) is 1.80. The van der Waals surface area contributed by atoms with Gasteiger partial charge in [-0.1, -0.05) is 37.0 Å². The van der Waals surface area contributed by atoms with E-state index in [1.807, 2.05) is 13.8 Å². The first-order chi connectivity index (χ1) is 9.32. The van der Waals surface area contributed by atoms with Crippen molar-refractivity contribution in [1.82, 2.24) is 14.8 Å². The van der Waals surface area contributed by atoms with Gasteiger partial charge in [-0.25, -0.2) is 9.78 Å². The Morgan fingerprint density at radius 2 is 2.10 bits per heavy atom. The Bertz CT molecular complexity index is 682. The second-order valence-electron chi connectivity index (χ2n) is 4.48. The number of rotatable bonds is 3. The van der Waals surface area contributed by atoms with Crippen LogP contribution in [0, 0.1) is 0 Å². The van der Waals surface area contributed by atoms with Crippen molar-refractivity contribution in [3.05, 3.63) is 33.6 Å². The minimum atomic E-state index is -1.14. The Labute approximate surface area is 125 Å². The molecule has 0 amide bonds. The molecule has 6 nitrogen and oxygen atoms in total. The maximum absolute atomic E-state index is 11.3. The summed E-state index contributed by atoms with van der Waals surface area (Å²) in [4.78, 5) is 15.4. The molecule has 0 aliphatic rings. The summed E-state index contributed by atoms with van der Waals surface area (Å²) in [5, 5.41) is 14.1. The van der Waals surface area contributed by atoms with Gasteiger partial charge in [-0.05, 0) is 12.0 Å². The number of hydrogen-bond acceptors (Lipinski definition) is 4. The highest BCUT2D eigenvalue weighted by Gasteiger charge is 2.25. The van der Waals surface area contributed by atoms with Crippen molar-refractivity contribution in [1.29, 1.82) is 0 Å². The summed E-state index contributed by atoms with van der Waals surface area (Å²) in [7, 11) is 0. The van der Waals surface area contributed by atoms with Crippen molar-refractivity contribution in [3.63, 3.8) is 0 Å². The number of pyridine rings is 1. The Balaban J connectivity index is 2.69. The molecule has 0 saturated heterocycles. The predicted octanol–water partition coefficient (Wildman–Crippen LogP) is 2.98. The molecule has 8 heteroatoms. The highest BCUT2D eigenvalue weighted by molar-refractivity contribution is 6.35. The molecule has 106 valence electrons. The number of nitrogens with two attached hydrogens (primary N) is 1. The van der Waals surface area contributed by atoms with Gasteiger partial charge in [-0.2, -0.15) is 9.78 Å². The number of anilines is 1. The highest BCUT2D eigenvalue weighted by atomic mass is 35.5. The lowest BCUT2D eigenvalue weighted by atomic mass is 10.1. The van der Waals surface area contributed by atoms with E-state index in [1.54, 1.807) is 0 Å². The number of nitrogen functional groups attached to an aromatic ring is 1. The normalized spacial score (nSPS) is 11.1. The van der Waals surface area contributed by atoms with Gasteiger partial charge in [-0.15, -0.1) is 0 Å². The lowest BCUT2D eigenvalue weighted by Gasteiger charge is -2.05. The van der Waals surface area contributed by atoms with Crippen molar-refractivity contribution >= 4 is 35.0 Å². The van der Waals surface area contributed by atoms with Crippen LogP contribution < -0.4 is 5.73 Å². The molecule has 2 rings (SSSR count). The molecule has 2 aromatic rings. The van der Waals surface area contributed by atoms with Crippen LogP contribution in [0.2, 0.25) is 10.0 Å². The first kappa shape index (κ1) is 14.6. The number of hydrogen-bond donors (Lipinski definition) is 2. The Kier molecular flexibility index (Phi) is 3.87. The molecule has 0 spiro atoms. The Morgan fingerprint density at radius 3 is 2.55 bits per heavy atom. The quantitative estimate of drug-likeness (QED) is 0.908. The van der Waals surface area contributed by atoms with Crippen LogP contribution in [0.4, 0.5) is 5.82 Å². The van der Waals surface area contributed by atoms with Crippen molar-refractivity contribution in [2.45, 2.75) is 19.8 Å². The second kappa shape index (κ2) is 5.30. The zero-order valence-electron chi connectivity index (χ0n) is 10.8. The minimum Gasteiger partial charge on any atom is -0.477 e. The standard InChI is InChI=1S/C12H12Cl2N4O2/c1-5(2)9-8(12(19)20)10(15)18(17-9)11-7(14)3-6(13)4-16-11/h3-5H,15H2,1-2H3,(H,19,20). The molecule has 0 aromatic carbocycles. The number of aromatic nitrogens is 3. The third-order valence-electron chi connectivity index (χ3n) is 2.70. The highest BCUT2D eigenvalue weighted by Crippen LogP contribution is 2.29. The first-order valence-electron chi connectivity index (χ1n) is 5.76. The molecule has 20 heavy (non-hydrogen) atoms. The van der Waals surface area contributed by atoms with Crippen LogP contribution in [0.1, 0.15) is 35.8 Å². The van der Waals surface area contributed by atoms with Gasteiger partial charge in [-0.3, -0.25) is 0 Å². The minimum absolute atomic E-state index is 0.0158. The van der Waals surface area contributed by atoms with Crippen LogP contribution in [0.15, 0.2) is 12.3 Å². The van der Waals surface area contributed by atoms with E-state index >= 15 is 0 Å². The molecule has 0 aliphatic carbocycles. The van der Waals surface area contributed by atoms with Crippen molar-refractivity contribution in [3.8, 4) is 5.82 Å². The van der Waals surface area contributed by atoms with Gasteiger partial charge < -0.3 is 10.8 Å². The largest absolute Gasteiger partial charge is 0.477 e. The molecule has 0 unspecified atom stereocenters. The van der Waals surface area contributed by atoms with Crippen molar-refractivity contribution < 1.29 is 9.90 Å². The first-order valence-corrected chi connectivity index (χ1v) is 6.51. The zero-order valence-corrected chi connectivity index (χ0v) is 12.3. The smallest absolute Gasteiger partial charge is 0.341 e. The molecule has 0 radical (unpaired) electrons. The van der Waals surface area contributed by atoms with Gasteiger partial charge in [0, 0.05) is 6.20 Å². The number of carbonyl (C=O) groups is 1. The second-order valence-corrected chi connectivity index (χ2v) is 5.32. The fraction of sp³-hybridized carbons (Fsp3) is 0.250. The van der Waals surface area contributed by atoms with Crippen LogP contribution in [0.25, 0.3) is 5.82 Å². The summed E-state index contributed by atoms with van der Waals surface area (Å²) >= 11 is 11.8. The lowest BCUT2D eigenvalue weighted by molar-refractivity contribution is 0.0696. The topological polar surface area (TPSA) is 94.0 Å². The van der Waals surface area contributed by atoms with E-state index in [2.05, 4.69) is 10.1 Å². The number of halogens is 2. The van der Waals surface area contributed by atoms with E-state index in [0.717, 1.165) is 0 Å². The van der Waals surface area contributed by atoms with Gasteiger partial charge in [0.1, 0.15) is 11.4 Å². The summed E-state index contributed by atoms with van der Waals surface area (Å²) in [5.41, 5.74) is 6.21. The van der Waals surface area contributed by atoms with Crippen LogP contribution in [-0.4, -0.2) is 25.8 Å². The molecule has 0 saturated carbocycles. The summed E-state index contributed by atoms with van der Waals surface area (Å²) in [5.74, 6) is -1.01. The zero-order chi connectivity index (χ0) is 15.0. The van der Waals surface area contributed by atoms with Crippen LogP contribution in [0.5, 0.6) is 0 Å². The summed E-state index contributed by atoms with van der Waals surface area (Å²) in [6.45, 7) is 3.66. The summed E-state index contributed by atoms with van der Waals surface area (Å²) < 4.78 is 1.22. The third kappa shape index (κ3) is 2.44. The predicted molar refractivity (Wildman–Crippen MR) is 76.8 cm³/mol. The fourth-order valence-corrected chi connectivity index (χ4v) is 2.26. The molecule has 0 aliphatic heterocycles. The maximum atomic E-state index is 11.3. The van der Waals surface area contributed by atoms with Gasteiger partial charge in [0.2, 0.25) is 0 Å². The van der Waals surface area contributed by atoms with Crippen molar-refractivity contribution in [2.75, 3.05) is 5.73 Å². The third-order valence-corrected chi connectivity index (χ3v) is 3.18. The van der Waals surface area contributed by atoms with E-state index in [0.29, 0.717) is 10.7 Å². The summed E-state index contributed by atoms with van der Waals surface area (Å²) in [6.07, 6.45) is 1.39. The van der Waals surface area contributed by atoms with E-state index in [4.69, 9.17) is 28.9 Å². The van der Waals surface area contributed by atoms with Gasteiger partial charge in [0.05, 0.1) is 15.7 Å². The molecule has 0 atom stereocenters.